The number of ether oxygens (including phenoxy) is 1. The van der Waals surface area contributed by atoms with Gasteiger partial charge in [0.15, 0.2) is 5.78 Å². The molecule has 1 aromatic rings. The van der Waals surface area contributed by atoms with Crippen molar-refractivity contribution in [2.24, 2.45) is 17.8 Å². The molecule has 0 fully saturated rings. The molecule has 0 spiro atoms. The largest absolute Gasteiger partial charge is 0.547 e. The highest BCUT2D eigenvalue weighted by Crippen LogP contribution is 2.47. The Balaban J connectivity index is 1.96. The molecule has 4 heteroatoms. The van der Waals surface area contributed by atoms with E-state index in [0.717, 1.165) is 48.3 Å². The molecular formula is C27H40O3Si. The number of benzene rings is 1. The lowest BCUT2D eigenvalue weighted by molar-refractivity contribution is 0.0842. The summed E-state index contributed by atoms with van der Waals surface area (Å²) in [6, 6.07) is 5.88. The smallest absolute Gasteiger partial charge is 0.250 e. The summed E-state index contributed by atoms with van der Waals surface area (Å²) in [5.41, 5.74) is 4.47. The minimum atomic E-state index is -1.95. The molecule has 3 atom stereocenters. The minimum absolute atomic E-state index is 0.0149. The zero-order chi connectivity index (χ0) is 23.1. The number of aryl methyl sites for hydroxylation is 1. The average Bonchev–Trinajstić information content (AvgIpc) is 2.68. The topological polar surface area (TPSA) is 35.5 Å². The zero-order valence-corrected chi connectivity index (χ0v) is 21.7. The molecule has 0 heterocycles. The zero-order valence-electron chi connectivity index (χ0n) is 20.7. The van der Waals surface area contributed by atoms with Crippen LogP contribution in [0.15, 0.2) is 41.7 Å². The van der Waals surface area contributed by atoms with Crippen molar-refractivity contribution in [3.8, 4) is 5.75 Å². The van der Waals surface area contributed by atoms with Gasteiger partial charge in [-0.05, 0) is 92.4 Å². The highest BCUT2D eigenvalue weighted by molar-refractivity contribution is 6.74. The average molecular weight is 441 g/mol. The van der Waals surface area contributed by atoms with Gasteiger partial charge in [0.25, 0.3) is 0 Å². The van der Waals surface area contributed by atoms with Gasteiger partial charge >= 0.3 is 0 Å². The van der Waals surface area contributed by atoms with E-state index in [1.807, 2.05) is 18.2 Å². The summed E-state index contributed by atoms with van der Waals surface area (Å²) in [5, 5.41) is 0.143. The van der Waals surface area contributed by atoms with Crippen LogP contribution in [0, 0.1) is 17.8 Å². The number of Topliss-reactive ketones (excluding diaryl/α,β-unsaturated/α-hetero) is 1. The van der Waals surface area contributed by atoms with Gasteiger partial charge in [0, 0.05) is 17.9 Å². The predicted octanol–water partition coefficient (Wildman–Crippen LogP) is 7.34. The molecule has 31 heavy (non-hydrogen) atoms. The van der Waals surface area contributed by atoms with E-state index in [2.05, 4.69) is 54.3 Å². The molecule has 1 unspecified atom stereocenters. The molecule has 0 aliphatic heterocycles. The van der Waals surface area contributed by atoms with Crippen LogP contribution in [0.25, 0.3) is 0 Å². The first-order valence-corrected chi connectivity index (χ1v) is 14.5. The molecule has 170 valence electrons. The van der Waals surface area contributed by atoms with Gasteiger partial charge in [0.05, 0.1) is 12.9 Å². The van der Waals surface area contributed by atoms with Crippen molar-refractivity contribution in [2.45, 2.75) is 78.4 Å². The number of ketones is 1. The van der Waals surface area contributed by atoms with Gasteiger partial charge in [-0.2, -0.15) is 0 Å². The van der Waals surface area contributed by atoms with E-state index in [1.165, 1.54) is 11.1 Å². The van der Waals surface area contributed by atoms with E-state index in [0.29, 0.717) is 5.92 Å². The Bertz CT molecular complexity index is 904. The Morgan fingerprint density at radius 3 is 2.45 bits per heavy atom. The Labute approximate surface area is 190 Å². The summed E-state index contributed by atoms with van der Waals surface area (Å²) in [4.78, 5) is 13.6. The van der Waals surface area contributed by atoms with Crippen LogP contribution in [-0.2, 0) is 10.8 Å². The molecule has 0 radical (unpaired) electrons. The third kappa shape index (κ3) is 4.69. The summed E-state index contributed by atoms with van der Waals surface area (Å²) in [7, 11) is -0.275. The molecular weight excluding hydrogens is 400 g/mol. The van der Waals surface area contributed by atoms with Gasteiger partial charge in [0.1, 0.15) is 5.75 Å². The Morgan fingerprint density at radius 1 is 1.19 bits per heavy atom. The van der Waals surface area contributed by atoms with Crippen LogP contribution in [0.4, 0.5) is 0 Å². The molecule has 3 rings (SSSR count). The predicted molar refractivity (Wildman–Crippen MR) is 131 cm³/mol. The lowest BCUT2D eigenvalue weighted by Gasteiger charge is -2.43. The second-order valence-corrected chi connectivity index (χ2v) is 15.8. The summed E-state index contributed by atoms with van der Waals surface area (Å²) >= 11 is 0. The van der Waals surface area contributed by atoms with Crippen molar-refractivity contribution in [1.29, 1.82) is 0 Å². The lowest BCUT2D eigenvalue weighted by Crippen LogP contribution is -2.42. The van der Waals surface area contributed by atoms with Crippen LogP contribution >= 0.6 is 0 Å². The van der Waals surface area contributed by atoms with E-state index in [9.17, 15) is 4.79 Å². The number of carbonyl (C=O) groups excluding carboxylic acids is 1. The number of rotatable bonds is 5. The third-order valence-electron chi connectivity index (χ3n) is 7.97. The maximum absolute atomic E-state index is 13.6. The Hall–Kier alpha value is -1.81. The second kappa shape index (κ2) is 8.61. The first-order chi connectivity index (χ1) is 14.4. The van der Waals surface area contributed by atoms with E-state index >= 15 is 0 Å². The maximum Gasteiger partial charge on any atom is 0.250 e. The van der Waals surface area contributed by atoms with Gasteiger partial charge in [-0.15, -0.1) is 0 Å². The number of hydrogen-bond donors (Lipinski definition) is 0. The van der Waals surface area contributed by atoms with Crippen molar-refractivity contribution < 1.29 is 14.0 Å². The SMILES string of the molecule is C=C(C)[C@H]1CC(O[Si](C)(C)C(C)(C)C)=C(C)[C@H](C2CCc3cc(OC)ccc3C2=O)C1. The molecule has 0 N–H and O–H groups in total. The number of hydrogen-bond acceptors (Lipinski definition) is 3. The third-order valence-corrected chi connectivity index (χ3v) is 12.3. The van der Waals surface area contributed by atoms with Crippen molar-refractivity contribution in [1.82, 2.24) is 0 Å². The van der Waals surface area contributed by atoms with Crippen molar-refractivity contribution in [3.63, 3.8) is 0 Å². The van der Waals surface area contributed by atoms with Crippen LogP contribution in [0.3, 0.4) is 0 Å². The van der Waals surface area contributed by atoms with Gasteiger partial charge in [-0.1, -0.05) is 32.9 Å². The van der Waals surface area contributed by atoms with Gasteiger partial charge < -0.3 is 9.16 Å². The van der Waals surface area contributed by atoms with Crippen LogP contribution in [0.5, 0.6) is 5.75 Å². The quantitative estimate of drug-likeness (QED) is 0.355. The van der Waals surface area contributed by atoms with Gasteiger partial charge in [-0.25, -0.2) is 0 Å². The summed E-state index contributed by atoms with van der Waals surface area (Å²) in [6.45, 7) is 20.1. The fourth-order valence-electron chi connectivity index (χ4n) is 4.75. The molecule has 0 aromatic heterocycles. The lowest BCUT2D eigenvalue weighted by atomic mass is 9.67. The monoisotopic (exact) mass is 440 g/mol. The highest BCUT2D eigenvalue weighted by atomic mass is 28.4. The Morgan fingerprint density at radius 2 is 1.87 bits per heavy atom. The van der Waals surface area contributed by atoms with Crippen molar-refractivity contribution in [2.75, 3.05) is 7.11 Å². The first kappa shape index (κ1) is 23.8. The molecule has 3 nitrogen and oxygen atoms in total. The standard InChI is InChI=1S/C27H40O3Si/c1-17(2)20-15-24(18(3)25(16-20)30-31(8,9)27(4,5)6)23-12-10-19-14-21(29-7)11-13-22(19)26(23)28/h11,13-14,20,23-24H,1,10,12,15-16H2,2-9H3/t20-,23?,24-/m1/s1. The Kier molecular flexibility index (Phi) is 6.62. The molecule has 0 saturated heterocycles. The molecule has 2 aliphatic carbocycles. The molecule has 2 aliphatic rings. The van der Waals surface area contributed by atoms with Crippen molar-refractivity contribution >= 4 is 14.1 Å². The van der Waals surface area contributed by atoms with E-state index in [-0.39, 0.29) is 22.7 Å². The van der Waals surface area contributed by atoms with E-state index in [1.54, 1.807) is 7.11 Å². The second-order valence-electron chi connectivity index (χ2n) is 11.1. The van der Waals surface area contributed by atoms with Crippen LogP contribution in [0.1, 0.15) is 69.8 Å². The number of allylic oxidation sites excluding steroid dienone is 3. The fraction of sp³-hybridized carbons (Fsp3) is 0.593. The molecule has 0 amide bonds. The minimum Gasteiger partial charge on any atom is -0.547 e. The summed E-state index contributed by atoms with van der Waals surface area (Å²) in [6.07, 6.45) is 3.71. The number of carbonyl (C=O) groups is 1. The number of methoxy groups -OCH3 is 1. The molecule has 0 saturated carbocycles. The van der Waals surface area contributed by atoms with Crippen LogP contribution in [-0.4, -0.2) is 21.2 Å². The van der Waals surface area contributed by atoms with Crippen LogP contribution < -0.4 is 4.74 Å². The molecule has 0 bridgehead atoms. The molecule has 1 aromatic carbocycles. The summed E-state index contributed by atoms with van der Waals surface area (Å²) < 4.78 is 12.2. The van der Waals surface area contributed by atoms with E-state index < -0.39 is 8.32 Å². The van der Waals surface area contributed by atoms with Gasteiger partial charge in [0.2, 0.25) is 8.32 Å². The highest BCUT2D eigenvalue weighted by Gasteiger charge is 2.43. The number of fused-ring (bicyclic) bond motifs is 1. The van der Waals surface area contributed by atoms with Crippen molar-refractivity contribution in [3.05, 3.63) is 52.8 Å². The maximum atomic E-state index is 13.6. The summed E-state index contributed by atoms with van der Waals surface area (Å²) in [5.74, 6) is 2.84. The van der Waals surface area contributed by atoms with E-state index in [4.69, 9.17) is 9.16 Å². The van der Waals surface area contributed by atoms with Gasteiger partial charge in [-0.3, -0.25) is 4.79 Å². The normalized spacial score (nSPS) is 24.6. The van der Waals surface area contributed by atoms with Crippen LogP contribution in [0.2, 0.25) is 18.1 Å². The first-order valence-electron chi connectivity index (χ1n) is 11.6. The fourth-order valence-corrected chi connectivity index (χ4v) is 5.92.